The monoisotopic (exact) mass is 316 g/mol. The molecule has 0 saturated carbocycles. The summed E-state index contributed by atoms with van der Waals surface area (Å²) in [5, 5.41) is 2.21. The molecule has 114 valence electrons. The topological polar surface area (TPSA) is 34.1 Å². The molecule has 1 aromatic heterocycles. The lowest BCUT2D eigenvalue weighted by Crippen LogP contribution is -2.18. The van der Waals surface area contributed by atoms with Gasteiger partial charge >= 0.3 is 6.18 Å². The number of aromatic nitrogens is 1. The van der Waals surface area contributed by atoms with Crippen molar-refractivity contribution in [1.82, 2.24) is 10.3 Å². The number of nitrogens with zero attached hydrogens (tertiary/aromatic N) is 1. The molecular weight excluding hydrogens is 301 g/mol. The molecule has 2 rings (SSSR count). The second-order valence-electron chi connectivity index (χ2n) is 4.42. The molecule has 21 heavy (non-hydrogen) atoms. The fourth-order valence-corrected chi connectivity index (χ4v) is 2.91. The van der Waals surface area contributed by atoms with Gasteiger partial charge in [0.2, 0.25) is 0 Å². The summed E-state index contributed by atoms with van der Waals surface area (Å²) in [6.07, 6.45) is -2.59. The third-order valence-electron chi connectivity index (χ3n) is 3.07. The number of benzene rings is 1. The maximum absolute atomic E-state index is 12.6. The zero-order chi connectivity index (χ0) is 15.5. The Bertz CT molecular complexity index is 598. The Hall–Kier alpha value is -1.60. The predicted molar refractivity (Wildman–Crippen MR) is 75.6 cm³/mol. The predicted octanol–water partition coefficient (Wildman–Crippen LogP) is 3.67. The van der Waals surface area contributed by atoms with Crippen molar-refractivity contribution in [2.24, 2.45) is 0 Å². The normalized spacial score (nSPS) is 13.2. The van der Waals surface area contributed by atoms with Crippen molar-refractivity contribution < 1.29 is 17.9 Å². The third-order valence-corrected chi connectivity index (χ3v) is 4.23. The average Bonchev–Trinajstić information content (AvgIpc) is 2.94. The summed E-state index contributed by atoms with van der Waals surface area (Å²) in [4.78, 5) is 4.01. The summed E-state index contributed by atoms with van der Waals surface area (Å²) in [6.45, 7) is 0. The van der Waals surface area contributed by atoms with Crippen LogP contribution >= 0.6 is 11.3 Å². The first-order chi connectivity index (χ1) is 9.95. The van der Waals surface area contributed by atoms with Crippen molar-refractivity contribution in [3.8, 4) is 5.75 Å². The molecule has 2 aromatic rings. The van der Waals surface area contributed by atoms with Crippen LogP contribution in [0, 0.1) is 0 Å². The number of hydrogen-bond donors (Lipinski definition) is 1. The Kier molecular flexibility index (Phi) is 4.84. The second kappa shape index (κ2) is 6.44. The van der Waals surface area contributed by atoms with Crippen LogP contribution in [-0.4, -0.2) is 19.1 Å². The van der Waals surface area contributed by atoms with Crippen molar-refractivity contribution in [2.45, 2.75) is 18.6 Å². The van der Waals surface area contributed by atoms with Crippen LogP contribution in [0.15, 0.2) is 30.5 Å². The van der Waals surface area contributed by atoms with Crippen LogP contribution < -0.4 is 10.1 Å². The highest BCUT2D eigenvalue weighted by atomic mass is 32.1. The van der Waals surface area contributed by atoms with E-state index in [9.17, 15) is 13.2 Å². The number of ether oxygens (including phenoxy) is 1. The van der Waals surface area contributed by atoms with Crippen LogP contribution in [-0.2, 0) is 12.6 Å². The van der Waals surface area contributed by atoms with Crippen molar-refractivity contribution in [3.63, 3.8) is 0 Å². The van der Waals surface area contributed by atoms with Gasteiger partial charge in [-0.2, -0.15) is 13.2 Å². The van der Waals surface area contributed by atoms with E-state index in [0.29, 0.717) is 22.6 Å². The van der Waals surface area contributed by atoms with E-state index in [1.165, 1.54) is 6.20 Å². The van der Waals surface area contributed by atoms with E-state index in [0.717, 1.165) is 11.3 Å². The number of para-hydroxylation sites is 1. The largest absolute Gasteiger partial charge is 0.496 e. The van der Waals surface area contributed by atoms with Gasteiger partial charge < -0.3 is 10.1 Å². The van der Waals surface area contributed by atoms with E-state index < -0.39 is 11.2 Å². The molecule has 0 bridgehead atoms. The molecule has 0 aliphatic rings. The van der Waals surface area contributed by atoms with Crippen molar-refractivity contribution in [3.05, 3.63) is 45.9 Å². The van der Waals surface area contributed by atoms with Crippen LogP contribution in [0.2, 0.25) is 0 Å². The molecule has 1 aromatic carbocycles. The van der Waals surface area contributed by atoms with Crippen molar-refractivity contribution >= 4 is 11.3 Å². The molecule has 0 saturated heterocycles. The van der Waals surface area contributed by atoms with Gasteiger partial charge in [-0.1, -0.05) is 18.2 Å². The average molecular weight is 316 g/mol. The van der Waals surface area contributed by atoms with Crippen LogP contribution in [0.3, 0.4) is 0 Å². The first kappa shape index (κ1) is 15.8. The number of alkyl halides is 3. The summed E-state index contributed by atoms with van der Waals surface area (Å²) in [5.41, 5.74) is 0.932. The number of halogens is 3. The molecule has 0 fully saturated rings. The highest BCUT2D eigenvalue weighted by Crippen LogP contribution is 2.35. The van der Waals surface area contributed by atoms with E-state index in [1.807, 2.05) is 24.3 Å². The fraction of sp³-hybridized carbons (Fsp3) is 0.357. The molecule has 1 heterocycles. The van der Waals surface area contributed by atoms with Crippen LogP contribution in [0.4, 0.5) is 13.2 Å². The molecular formula is C14H15F3N2OS. The van der Waals surface area contributed by atoms with E-state index in [2.05, 4.69) is 10.3 Å². The summed E-state index contributed by atoms with van der Waals surface area (Å²) in [6, 6.07) is 7.21. The van der Waals surface area contributed by atoms with E-state index in [1.54, 1.807) is 14.2 Å². The number of thiazole rings is 1. The Morgan fingerprint density at radius 2 is 2.05 bits per heavy atom. The van der Waals surface area contributed by atoms with Gasteiger partial charge in [0.15, 0.2) is 5.01 Å². The van der Waals surface area contributed by atoms with Gasteiger partial charge in [0.05, 0.1) is 7.11 Å². The van der Waals surface area contributed by atoms with Crippen LogP contribution in [0.1, 0.15) is 21.5 Å². The van der Waals surface area contributed by atoms with E-state index in [4.69, 9.17) is 4.74 Å². The lowest BCUT2D eigenvalue weighted by Gasteiger charge is -2.16. The standard InChI is InChI=1S/C14H15F3N2OS/c1-18-10(7-9-5-3-4-6-11(9)20-2)12-8-19-13(21-12)14(15,16)17/h3-6,8,10,18H,7H2,1-2H3. The van der Waals surface area contributed by atoms with Crippen molar-refractivity contribution in [1.29, 1.82) is 0 Å². The van der Waals surface area contributed by atoms with Crippen LogP contribution in [0.5, 0.6) is 5.75 Å². The molecule has 0 amide bonds. The smallest absolute Gasteiger partial charge is 0.443 e. The lowest BCUT2D eigenvalue weighted by molar-refractivity contribution is -0.137. The minimum absolute atomic E-state index is 0.241. The quantitative estimate of drug-likeness (QED) is 0.914. The molecule has 1 atom stereocenters. The van der Waals surface area contributed by atoms with Gasteiger partial charge in [0.1, 0.15) is 5.75 Å². The van der Waals surface area contributed by atoms with Gasteiger partial charge in [-0.25, -0.2) is 4.98 Å². The molecule has 0 radical (unpaired) electrons. The van der Waals surface area contributed by atoms with Gasteiger partial charge in [-0.15, -0.1) is 11.3 Å². The minimum Gasteiger partial charge on any atom is -0.496 e. The maximum atomic E-state index is 12.6. The zero-order valence-corrected chi connectivity index (χ0v) is 12.4. The highest BCUT2D eigenvalue weighted by molar-refractivity contribution is 7.11. The molecule has 0 spiro atoms. The first-order valence-electron chi connectivity index (χ1n) is 6.27. The number of rotatable bonds is 5. The number of likely N-dealkylation sites (N-methyl/N-ethyl adjacent to an activating group) is 1. The maximum Gasteiger partial charge on any atom is 0.443 e. The van der Waals surface area contributed by atoms with E-state index >= 15 is 0 Å². The van der Waals surface area contributed by atoms with Crippen molar-refractivity contribution in [2.75, 3.05) is 14.2 Å². The molecule has 1 N–H and O–H groups in total. The molecule has 7 heteroatoms. The van der Waals surface area contributed by atoms with Gasteiger partial charge in [-0.05, 0) is 25.1 Å². The number of nitrogens with one attached hydrogen (secondary N) is 1. The Balaban J connectivity index is 2.22. The lowest BCUT2D eigenvalue weighted by atomic mass is 10.0. The first-order valence-corrected chi connectivity index (χ1v) is 7.09. The number of hydrogen-bond acceptors (Lipinski definition) is 4. The Morgan fingerprint density at radius 3 is 2.62 bits per heavy atom. The SMILES string of the molecule is CNC(Cc1ccccc1OC)c1cnc(C(F)(F)F)s1. The summed E-state index contributed by atoms with van der Waals surface area (Å²) in [5.74, 6) is 0.721. The van der Waals surface area contributed by atoms with Gasteiger partial charge in [0, 0.05) is 17.1 Å². The summed E-state index contributed by atoms with van der Waals surface area (Å²) >= 11 is 0.666. The number of methoxy groups -OCH3 is 1. The third kappa shape index (κ3) is 3.74. The highest BCUT2D eigenvalue weighted by Gasteiger charge is 2.35. The Labute approximate surface area is 124 Å². The summed E-state index contributed by atoms with van der Waals surface area (Å²) in [7, 11) is 3.29. The van der Waals surface area contributed by atoms with E-state index in [-0.39, 0.29) is 6.04 Å². The zero-order valence-electron chi connectivity index (χ0n) is 11.6. The molecule has 1 unspecified atom stereocenters. The molecule has 0 aliphatic carbocycles. The minimum atomic E-state index is -4.40. The van der Waals surface area contributed by atoms with Crippen LogP contribution in [0.25, 0.3) is 0 Å². The Morgan fingerprint density at radius 1 is 1.33 bits per heavy atom. The molecule has 0 aliphatic heterocycles. The second-order valence-corrected chi connectivity index (χ2v) is 5.49. The fourth-order valence-electron chi connectivity index (χ4n) is 2.02. The van der Waals surface area contributed by atoms with Gasteiger partial charge in [-0.3, -0.25) is 0 Å². The molecule has 3 nitrogen and oxygen atoms in total. The summed E-state index contributed by atoms with van der Waals surface area (Å²) < 4.78 is 43.1. The van der Waals surface area contributed by atoms with Gasteiger partial charge in [0.25, 0.3) is 0 Å².